The summed E-state index contributed by atoms with van der Waals surface area (Å²) in [5.41, 5.74) is 3.32. The molecule has 0 unspecified atom stereocenters. The Morgan fingerprint density at radius 3 is 2.39 bits per heavy atom. The first-order chi connectivity index (χ1) is 11.2. The first-order valence-electron chi connectivity index (χ1n) is 7.46. The highest BCUT2D eigenvalue weighted by molar-refractivity contribution is 8.13. The first-order valence-corrected chi connectivity index (χ1v) is 8.27. The molecule has 3 nitrogen and oxygen atoms in total. The number of hydrogen-bond acceptors (Lipinski definition) is 4. The number of benzene rings is 2. The molecule has 23 heavy (non-hydrogen) atoms. The quantitative estimate of drug-likeness (QED) is 0.625. The minimum Gasteiger partial charge on any atom is -0.457 e. The summed E-state index contributed by atoms with van der Waals surface area (Å²) in [6.45, 7) is 2.13. The molecule has 3 rings (SSSR count). The van der Waals surface area contributed by atoms with Crippen LogP contribution in [0.25, 0.3) is 11.1 Å². The molecule has 1 aliphatic heterocycles. The Hall–Kier alpha value is -2.33. The number of esters is 1. The lowest BCUT2D eigenvalue weighted by Crippen LogP contribution is -1.98. The maximum atomic E-state index is 12.1. The fourth-order valence-electron chi connectivity index (χ4n) is 2.46. The Kier molecular flexibility index (Phi) is 4.63. The largest absolute Gasteiger partial charge is 0.457 e. The summed E-state index contributed by atoms with van der Waals surface area (Å²) in [4.78, 5) is 24.5. The number of cyclic esters (lactones) is 1. The van der Waals surface area contributed by atoms with Crippen LogP contribution in [0.4, 0.5) is 0 Å². The van der Waals surface area contributed by atoms with Crippen molar-refractivity contribution < 1.29 is 14.3 Å². The minimum absolute atomic E-state index is 0.140. The molecule has 1 aliphatic rings. The summed E-state index contributed by atoms with van der Waals surface area (Å²) in [7, 11) is 0. The van der Waals surface area contributed by atoms with Crippen LogP contribution < -0.4 is 0 Å². The zero-order chi connectivity index (χ0) is 16.2. The van der Waals surface area contributed by atoms with Gasteiger partial charge in [-0.3, -0.25) is 4.79 Å². The Morgan fingerprint density at radius 1 is 1.04 bits per heavy atom. The summed E-state index contributed by atoms with van der Waals surface area (Å²) in [5.74, 6) is -0.286. The molecular weight excluding hydrogens is 308 g/mol. The van der Waals surface area contributed by atoms with Crippen LogP contribution in [0.3, 0.4) is 0 Å². The second kappa shape index (κ2) is 6.84. The number of thioether (sulfide) groups is 1. The van der Waals surface area contributed by atoms with Crippen LogP contribution in [0.5, 0.6) is 0 Å². The number of carbonyl (C=O) groups is 2. The lowest BCUT2D eigenvalue weighted by molar-refractivity contribution is -0.133. The predicted octanol–water partition coefficient (Wildman–Crippen LogP) is 4.18. The van der Waals surface area contributed by atoms with E-state index in [1.54, 1.807) is 0 Å². The smallest absolute Gasteiger partial charge is 0.339 e. The Balaban J connectivity index is 1.94. The maximum Gasteiger partial charge on any atom is 0.339 e. The number of carbonyl (C=O) groups excluding carboxylic acids is 2. The van der Waals surface area contributed by atoms with Crippen molar-refractivity contribution in [3.8, 4) is 0 Å². The molecule has 0 atom stereocenters. The number of ether oxygens (including phenoxy) is 1. The van der Waals surface area contributed by atoms with Crippen LogP contribution >= 0.6 is 11.8 Å². The molecule has 0 saturated heterocycles. The van der Waals surface area contributed by atoms with Crippen LogP contribution in [0.1, 0.15) is 24.5 Å². The van der Waals surface area contributed by atoms with Gasteiger partial charge in [0, 0.05) is 16.9 Å². The third-order valence-corrected chi connectivity index (χ3v) is 4.66. The zero-order valence-electron chi connectivity index (χ0n) is 12.7. The van der Waals surface area contributed by atoms with Gasteiger partial charge in [0.15, 0.2) is 5.12 Å². The summed E-state index contributed by atoms with van der Waals surface area (Å²) in [5, 5.41) is 0.140. The van der Waals surface area contributed by atoms with Gasteiger partial charge in [0.25, 0.3) is 0 Å². The molecule has 4 heteroatoms. The van der Waals surface area contributed by atoms with E-state index in [-0.39, 0.29) is 17.7 Å². The fourth-order valence-corrected chi connectivity index (χ4v) is 3.14. The third-order valence-electron chi connectivity index (χ3n) is 3.64. The van der Waals surface area contributed by atoms with Crippen LogP contribution in [-0.4, -0.2) is 17.7 Å². The lowest BCUT2D eigenvalue weighted by Gasteiger charge is -2.06. The van der Waals surface area contributed by atoms with Crippen molar-refractivity contribution in [1.29, 1.82) is 0 Å². The van der Waals surface area contributed by atoms with Gasteiger partial charge in [0.2, 0.25) is 0 Å². The Morgan fingerprint density at radius 2 is 1.74 bits per heavy atom. The van der Waals surface area contributed by atoms with Crippen molar-refractivity contribution in [2.45, 2.75) is 18.2 Å². The first kappa shape index (κ1) is 15.6. The van der Waals surface area contributed by atoms with Gasteiger partial charge in [-0.25, -0.2) is 4.79 Å². The Labute approximate surface area is 139 Å². The van der Waals surface area contributed by atoms with Crippen molar-refractivity contribution in [3.05, 3.63) is 65.7 Å². The van der Waals surface area contributed by atoms with Crippen LogP contribution in [0.2, 0.25) is 0 Å². The van der Waals surface area contributed by atoms with Gasteiger partial charge in [-0.05, 0) is 23.3 Å². The van der Waals surface area contributed by atoms with Gasteiger partial charge in [0.05, 0.1) is 5.57 Å². The SMILES string of the molecule is CCC(=O)Sc1ccc(C2=C(c3ccccc3)C(=O)OC2)cc1. The molecule has 1 heterocycles. The van der Waals surface area contributed by atoms with E-state index in [0.29, 0.717) is 12.0 Å². The van der Waals surface area contributed by atoms with E-state index < -0.39 is 0 Å². The molecule has 0 saturated carbocycles. The lowest BCUT2D eigenvalue weighted by atomic mass is 9.97. The van der Waals surface area contributed by atoms with Crippen molar-refractivity contribution in [1.82, 2.24) is 0 Å². The van der Waals surface area contributed by atoms with Crippen molar-refractivity contribution in [2.75, 3.05) is 6.61 Å². The molecule has 0 aromatic heterocycles. The van der Waals surface area contributed by atoms with E-state index in [1.165, 1.54) is 11.8 Å². The third kappa shape index (κ3) is 3.37. The molecule has 0 fully saturated rings. The highest BCUT2D eigenvalue weighted by Gasteiger charge is 2.26. The molecule has 0 bridgehead atoms. The second-order valence-corrected chi connectivity index (χ2v) is 6.28. The van der Waals surface area contributed by atoms with Gasteiger partial charge < -0.3 is 4.74 Å². The number of hydrogen-bond donors (Lipinski definition) is 0. The molecule has 2 aromatic rings. The van der Waals surface area contributed by atoms with E-state index in [2.05, 4.69) is 0 Å². The molecule has 0 amide bonds. The van der Waals surface area contributed by atoms with E-state index >= 15 is 0 Å². The summed E-state index contributed by atoms with van der Waals surface area (Å²) in [6.07, 6.45) is 0.512. The van der Waals surface area contributed by atoms with E-state index in [4.69, 9.17) is 4.74 Å². The fraction of sp³-hybridized carbons (Fsp3) is 0.158. The average Bonchev–Trinajstić information content (AvgIpc) is 2.98. The van der Waals surface area contributed by atoms with Crippen molar-refractivity contribution in [2.24, 2.45) is 0 Å². The van der Waals surface area contributed by atoms with E-state index in [9.17, 15) is 9.59 Å². The van der Waals surface area contributed by atoms with Crippen LogP contribution in [0.15, 0.2) is 59.5 Å². The van der Waals surface area contributed by atoms with Crippen LogP contribution in [-0.2, 0) is 14.3 Å². The molecule has 0 radical (unpaired) electrons. The highest BCUT2D eigenvalue weighted by Crippen LogP contribution is 2.33. The zero-order valence-corrected chi connectivity index (χ0v) is 13.6. The van der Waals surface area contributed by atoms with Gasteiger partial charge in [0.1, 0.15) is 6.61 Å². The van der Waals surface area contributed by atoms with E-state index in [0.717, 1.165) is 21.6 Å². The van der Waals surface area contributed by atoms with Gasteiger partial charge in [-0.15, -0.1) is 0 Å². The topological polar surface area (TPSA) is 43.4 Å². The molecule has 0 N–H and O–H groups in total. The van der Waals surface area contributed by atoms with Crippen molar-refractivity contribution in [3.63, 3.8) is 0 Å². The van der Waals surface area contributed by atoms with Gasteiger partial charge in [-0.2, -0.15) is 0 Å². The summed E-state index contributed by atoms with van der Waals surface area (Å²) in [6, 6.07) is 17.2. The molecular formula is C19H16O3S. The average molecular weight is 324 g/mol. The second-order valence-electron chi connectivity index (χ2n) is 5.15. The van der Waals surface area contributed by atoms with Gasteiger partial charge >= 0.3 is 5.97 Å². The molecule has 2 aromatic carbocycles. The summed E-state index contributed by atoms with van der Waals surface area (Å²) >= 11 is 1.24. The summed E-state index contributed by atoms with van der Waals surface area (Å²) < 4.78 is 5.23. The Bertz CT molecular complexity index is 761. The molecule has 116 valence electrons. The highest BCUT2D eigenvalue weighted by atomic mass is 32.2. The predicted molar refractivity (Wildman–Crippen MR) is 91.8 cm³/mol. The number of rotatable bonds is 4. The van der Waals surface area contributed by atoms with E-state index in [1.807, 2.05) is 61.5 Å². The maximum absolute atomic E-state index is 12.1. The standard InChI is InChI=1S/C19H16O3S/c1-2-17(20)23-15-10-8-13(9-11-15)16-12-22-19(21)18(16)14-6-4-3-5-7-14/h3-11H,2,12H2,1H3. The van der Waals surface area contributed by atoms with Crippen molar-refractivity contribution >= 4 is 34.0 Å². The minimum atomic E-state index is -0.286. The van der Waals surface area contributed by atoms with Crippen LogP contribution in [0, 0.1) is 0 Å². The normalized spacial score (nSPS) is 14.0. The molecule has 0 aliphatic carbocycles. The monoisotopic (exact) mass is 324 g/mol. The van der Waals surface area contributed by atoms with Gasteiger partial charge in [-0.1, -0.05) is 61.2 Å². The molecule has 0 spiro atoms.